The number of carbonyl (C=O) groups excluding carboxylic acids is 2. The lowest BCUT2D eigenvalue weighted by Crippen LogP contribution is -2.38. The first kappa shape index (κ1) is 22.0. The standard InChI is InChI=1S/C25H28N2O5/c1-31-20-11-6-5-10-19(20)23(28)21-22(18-8-3-2-4-9-18)27(25(30)24(21)29)13-7-12-26-14-16-32-17-15-26/h2-6,8-11,22,28H,7,12-17H2,1H3/b23-21+. The Morgan fingerprint density at radius 1 is 1.03 bits per heavy atom. The minimum atomic E-state index is -0.673. The molecule has 0 aliphatic carbocycles. The zero-order valence-electron chi connectivity index (χ0n) is 18.2. The number of benzene rings is 2. The van der Waals surface area contributed by atoms with Crippen molar-refractivity contribution in [1.29, 1.82) is 0 Å². The summed E-state index contributed by atoms with van der Waals surface area (Å²) < 4.78 is 10.8. The molecule has 32 heavy (non-hydrogen) atoms. The second kappa shape index (κ2) is 9.97. The maximum Gasteiger partial charge on any atom is 0.295 e. The lowest BCUT2D eigenvalue weighted by atomic mass is 9.95. The molecule has 4 rings (SSSR count). The van der Waals surface area contributed by atoms with Crippen molar-refractivity contribution < 1.29 is 24.2 Å². The molecular formula is C25H28N2O5. The largest absolute Gasteiger partial charge is 0.507 e. The summed E-state index contributed by atoms with van der Waals surface area (Å²) in [4.78, 5) is 30.0. The first-order valence-electron chi connectivity index (χ1n) is 10.9. The van der Waals surface area contributed by atoms with Gasteiger partial charge in [0.25, 0.3) is 11.7 Å². The fourth-order valence-electron chi connectivity index (χ4n) is 4.37. The van der Waals surface area contributed by atoms with E-state index in [0.29, 0.717) is 31.1 Å². The van der Waals surface area contributed by atoms with E-state index < -0.39 is 17.7 Å². The van der Waals surface area contributed by atoms with Crippen LogP contribution >= 0.6 is 0 Å². The van der Waals surface area contributed by atoms with E-state index in [2.05, 4.69) is 4.90 Å². The Kier molecular flexibility index (Phi) is 6.87. The van der Waals surface area contributed by atoms with Crippen LogP contribution in [0.5, 0.6) is 5.75 Å². The van der Waals surface area contributed by atoms with Gasteiger partial charge in [-0.3, -0.25) is 14.5 Å². The number of para-hydroxylation sites is 1. The number of hydrogen-bond acceptors (Lipinski definition) is 6. The van der Waals surface area contributed by atoms with Crippen molar-refractivity contribution in [3.8, 4) is 5.75 Å². The fraction of sp³-hybridized carbons (Fsp3) is 0.360. The predicted molar refractivity (Wildman–Crippen MR) is 120 cm³/mol. The topological polar surface area (TPSA) is 79.3 Å². The molecule has 7 heteroatoms. The van der Waals surface area contributed by atoms with Gasteiger partial charge in [0.2, 0.25) is 0 Å². The maximum atomic E-state index is 13.1. The van der Waals surface area contributed by atoms with Crippen molar-refractivity contribution in [3.05, 3.63) is 71.3 Å². The average molecular weight is 437 g/mol. The van der Waals surface area contributed by atoms with Crippen LogP contribution in [0, 0.1) is 0 Å². The Morgan fingerprint density at radius 2 is 1.72 bits per heavy atom. The van der Waals surface area contributed by atoms with Gasteiger partial charge in [-0.15, -0.1) is 0 Å². The molecule has 0 aromatic heterocycles. The predicted octanol–water partition coefficient (Wildman–Crippen LogP) is 2.84. The Morgan fingerprint density at radius 3 is 2.44 bits per heavy atom. The Balaban J connectivity index is 1.67. The van der Waals surface area contributed by atoms with Crippen molar-refractivity contribution >= 4 is 17.4 Å². The van der Waals surface area contributed by atoms with Crippen molar-refractivity contribution in [1.82, 2.24) is 9.80 Å². The lowest BCUT2D eigenvalue weighted by molar-refractivity contribution is -0.140. The van der Waals surface area contributed by atoms with Gasteiger partial charge in [0.05, 0.1) is 37.5 Å². The van der Waals surface area contributed by atoms with Crippen LogP contribution in [-0.4, -0.2) is 73.1 Å². The Hall–Kier alpha value is -3.16. The van der Waals surface area contributed by atoms with Crippen LogP contribution in [0.15, 0.2) is 60.2 Å². The van der Waals surface area contributed by atoms with Crippen LogP contribution < -0.4 is 4.74 Å². The first-order valence-corrected chi connectivity index (χ1v) is 10.9. The average Bonchev–Trinajstić information content (AvgIpc) is 3.10. The van der Waals surface area contributed by atoms with Crippen molar-refractivity contribution in [3.63, 3.8) is 0 Å². The first-order chi connectivity index (χ1) is 15.6. The maximum absolute atomic E-state index is 13.1. The number of amides is 1. The number of nitrogens with zero attached hydrogens (tertiary/aromatic N) is 2. The summed E-state index contributed by atoms with van der Waals surface area (Å²) in [6.45, 7) is 4.41. The SMILES string of the molecule is COc1ccccc1/C(O)=C1\C(=O)C(=O)N(CCCN2CCOCC2)C1c1ccccc1. The summed E-state index contributed by atoms with van der Waals surface area (Å²) in [6, 6.07) is 15.7. The molecule has 2 aromatic rings. The quantitative estimate of drug-likeness (QED) is 0.409. The number of methoxy groups -OCH3 is 1. The molecule has 1 N–H and O–H groups in total. The van der Waals surface area contributed by atoms with Crippen molar-refractivity contribution in [2.75, 3.05) is 46.5 Å². The van der Waals surface area contributed by atoms with Crippen molar-refractivity contribution in [2.45, 2.75) is 12.5 Å². The number of aliphatic hydroxyl groups is 1. The lowest BCUT2D eigenvalue weighted by Gasteiger charge is -2.29. The number of ether oxygens (including phenoxy) is 2. The van der Waals surface area contributed by atoms with Gasteiger partial charge < -0.3 is 19.5 Å². The molecule has 2 fully saturated rings. The van der Waals surface area contributed by atoms with Crippen LogP contribution in [0.1, 0.15) is 23.6 Å². The monoisotopic (exact) mass is 436 g/mol. The molecule has 2 aromatic carbocycles. The van der Waals surface area contributed by atoms with Crippen LogP contribution in [0.2, 0.25) is 0 Å². The number of hydrogen-bond donors (Lipinski definition) is 1. The van der Waals surface area contributed by atoms with Gasteiger partial charge in [-0.1, -0.05) is 42.5 Å². The third-order valence-corrected chi connectivity index (χ3v) is 5.99. The van der Waals surface area contributed by atoms with E-state index in [0.717, 1.165) is 31.6 Å². The third-order valence-electron chi connectivity index (χ3n) is 5.99. The second-order valence-corrected chi connectivity index (χ2v) is 7.91. The van der Waals surface area contributed by atoms with E-state index in [1.54, 1.807) is 29.2 Å². The summed E-state index contributed by atoms with van der Waals surface area (Å²) in [5.41, 5.74) is 1.27. The number of aliphatic hydroxyl groups excluding tert-OH is 1. The van der Waals surface area contributed by atoms with Crippen LogP contribution in [-0.2, 0) is 14.3 Å². The normalized spacial score (nSPS) is 21.2. The van der Waals surface area contributed by atoms with Gasteiger partial charge in [-0.2, -0.15) is 0 Å². The Labute approximate surface area is 187 Å². The molecule has 1 amide bonds. The molecule has 0 radical (unpaired) electrons. The van der Waals surface area contributed by atoms with Gasteiger partial charge in [0, 0.05) is 26.2 Å². The summed E-state index contributed by atoms with van der Waals surface area (Å²) in [7, 11) is 1.50. The van der Waals surface area contributed by atoms with E-state index in [-0.39, 0.29) is 11.3 Å². The van der Waals surface area contributed by atoms with Gasteiger partial charge in [-0.25, -0.2) is 0 Å². The minimum absolute atomic E-state index is 0.0945. The van der Waals surface area contributed by atoms with Crippen LogP contribution in [0.3, 0.4) is 0 Å². The number of Topliss-reactive ketones (excluding diaryl/α,β-unsaturated/α-hetero) is 1. The summed E-state index contributed by atoms with van der Waals surface area (Å²) in [5, 5.41) is 11.2. The van der Waals surface area contributed by atoms with E-state index in [1.807, 2.05) is 30.3 Å². The zero-order chi connectivity index (χ0) is 22.5. The van der Waals surface area contributed by atoms with Crippen LogP contribution in [0.25, 0.3) is 5.76 Å². The molecule has 2 saturated heterocycles. The number of likely N-dealkylation sites (tertiary alicyclic amines) is 1. The highest BCUT2D eigenvalue weighted by Crippen LogP contribution is 2.40. The van der Waals surface area contributed by atoms with Gasteiger partial charge in [-0.05, 0) is 24.1 Å². The summed E-state index contributed by atoms with van der Waals surface area (Å²) >= 11 is 0. The molecule has 2 aliphatic rings. The molecule has 0 bridgehead atoms. The number of ketones is 1. The molecular weight excluding hydrogens is 408 g/mol. The molecule has 168 valence electrons. The van der Waals surface area contributed by atoms with Gasteiger partial charge in [0.15, 0.2) is 0 Å². The van der Waals surface area contributed by atoms with E-state index in [9.17, 15) is 14.7 Å². The van der Waals surface area contributed by atoms with E-state index in [1.165, 1.54) is 7.11 Å². The number of rotatable bonds is 7. The number of carbonyl (C=O) groups is 2. The Bertz CT molecular complexity index is 998. The highest BCUT2D eigenvalue weighted by molar-refractivity contribution is 6.46. The number of morpholine rings is 1. The van der Waals surface area contributed by atoms with Crippen molar-refractivity contribution in [2.24, 2.45) is 0 Å². The molecule has 7 nitrogen and oxygen atoms in total. The fourth-order valence-corrected chi connectivity index (χ4v) is 4.37. The van der Waals surface area contributed by atoms with E-state index in [4.69, 9.17) is 9.47 Å². The van der Waals surface area contributed by atoms with Crippen LogP contribution in [0.4, 0.5) is 0 Å². The van der Waals surface area contributed by atoms with Gasteiger partial charge in [0.1, 0.15) is 11.5 Å². The van der Waals surface area contributed by atoms with Gasteiger partial charge >= 0.3 is 0 Å². The minimum Gasteiger partial charge on any atom is -0.507 e. The highest BCUT2D eigenvalue weighted by atomic mass is 16.5. The molecule has 2 heterocycles. The summed E-state index contributed by atoms with van der Waals surface area (Å²) in [5.74, 6) is -1.04. The smallest absolute Gasteiger partial charge is 0.295 e. The van der Waals surface area contributed by atoms with E-state index >= 15 is 0 Å². The summed E-state index contributed by atoms with van der Waals surface area (Å²) in [6.07, 6.45) is 0.727. The third kappa shape index (κ3) is 4.40. The molecule has 0 saturated carbocycles. The molecule has 1 atom stereocenters. The zero-order valence-corrected chi connectivity index (χ0v) is 18.2. The second-order valence-electron chi connectivity index (χ2n) is 7.91. The molecule has 1 unspecified atom stereocenters. The highest BCUT2D eigenvalue weighted by Gasteiger charge is 2.46. The molecule has 2 aliphatic heterocycles. The molecule has 0 spiro atoms.